The normalized spacial score (nSPS) is 22.2. The van der Waals surface area contributed by atoms with E-state index < -0.39 is 16.0 Å². The van der Waals surface area contributed by atoms with E-state index in [1.165, 1.54) is 19.3 Å². The standard InChI is InChI=1S/C14H23N5O2S/c1-10(14(20)15-11-5-3-2-4-6-11)22(21)9-13-16-17-18-19(13)12-7-8-12/h10-12H,2-9H2,1H3,(H,15,20)/t10-,22+/m0/s1. The van der Waals surface area contributed by atoms with E-state index in [0.29, 0.717) is 11.9 Å². The highest BCUT2D eigenvalue weighted by Crippen LogP contribution is 2.34. The first kappa shape index (κ1) is 15.6. The number of hydrogen-bond donors (Lipinski definition) is 1. The number of carbonyl (C=O) groups excluding carboxylic acids is 1. The lowest BCUT2D eigenvalue weighted by Crippen LogP contribution is -2.43. The van der Waals surface area contributed by atoms with E-state index in [-0.39, 0.29) is 17.7 Å². The second kappa shape index (κ2) is 6.85. The Hall–Kier alpha value is -1.31. The molecule has 0 radical (unpaired) electrons. The number of tetrazole rings is 1. The number of nitrogens with zero attached hydrogens (tertiary/aromatic N) is 4. The number of aromatic nitrogens is 4. The minimum absolute atomic E-state index is 0.115. The van der Waals surface area contributed by atoms with Gasteiger partial charge < -0.3 is 5.32 Å². The van der Waals surface area contributed by atoms with Crippen LogP contribution >= 0.6 is 0 Å². The highest BCUT2D eigenvalue weighted by Gasteiger charge is 2.30. The maximum absolute atomic E-state index is 12.4. The van der Waals surface area contributed by atoms with Gasteiger partial charge in [0.15, 0.2) is 5.82 Å². The first-order valence-corrected chi connectivity index (χ1v) is 9.47. The molecule has 1 aromatic rings. The molecule has 1 aromatic heterocycles. The molecule has 0 spiro atoms. The lowest BCUT2D eigenvalue weighted by Gasteiger charge is -2.24. The third-order valence-electron chi connectivity index (χ3n) is 4.44. The van der Waals surface area contributed by atoms with Gasteiger partial charge in [-0.3, -0.25) is 9.00 Å². The summed E-state index contributed by atoms with van der Waals surface area (Å²) < 4.78 is 14.2. The van der Waals surface area contributed by atoms with Gasteiger partial charge in [0.1, 0.15) is 5.25 Å². The van der Waals surface area contributed by atoms with Gasteiger partial charge in [-0.2, -0.15) is 0 Å². The van der Waals surface area contributed by atoms with Crippen LogP contribution in [0.4, 0.5) is 0 Å². The molecule has 0 bridgehead atoms. The summed E-state index contributed by atoms with van der Waals surface area (Å²) in [7, 11) is -1.30. The zero-order valence-corrected chi connectivity index (χ0v) is 13.7. The molecule has 0 unspecified atom stereocenters. The molecular formula is C14H23N5O2S. The van der Waals surface area contributed by atoms with Crippen LogP contribution in [0, 0.1) is 0 Å². The number of amides is 1. The summed E-state index contributed by atoms with van der Waals surface area (Å²) in [5.41, 5.74) is 0. The van der Waals surface area contributed by atoms with Crippen molar-refractivity contribution in [3.63, 3.8) is 0 Å². The van der Waals surface area contributed by atoms with Crippen molar-refractivity contribution in [3.8, 4) is 0 Å². The van der Waals surface area contributed by atoms with Gasteiger partial charge in [-0.25, -0.2) is 4.68 Å². The summed E-state index contributed by atoms with van der Waals surface area (Å²) in [6, 6.07) is 0.603. The average Bonchev–Trinajstić information content (AvgIpc) is 3.27. The van der Waals surface area contributed by atoms with Crippen LogP contribution in [0.25, 0.3) is 0 Å². The Morgan fingerprint density at radius 3 is 2.73 bits per heavy atom. The molecule has 122 valence electrons. The zero-order chi connectivity index (χ0) is 15.5. The molecule has 0 aromatic carbocycles. The van der Waals surface area contributed by atoms with Gasteiger partial charge in [0, 0.05) is 16.8 Å². The molecule has 1 N–H and O–H groups in total. The third kappa shape index (κ3) is 3.71. The van der Waals surface area contributed by atoms with Gasteiger partial charge in [-0.15, -0.1) is 5.10 Å². The molecule has 2 saturated carbocycles. The van der Waals surface area contributed by atoms with E-state index in [0.717, 1.165) is 25.7 Å². The SMILES string of the molecule is C[C@@H](C(=O)NC1CCCCC1)[S@](=O)Cc1nnnn1C1CC1. The minimum Gasteiger partial charge on any atom is -0.352 e. The van der Waals surface area contributed by atoms with Crippen LogP contribution in [0.1, 0.15) is 63.7 Å². The first-order valence-electron chi connectivity index (χ1n) is 8.09. The second-order valence-corrected chi connectivity index (χ2v) is 8.04. The summed E-state index contributed by atoms with van der Waals surface area (Å²) in [4.78, 5) is 12.2. The Bertz CT molecular complexity index is 551. The monoisotopic (exact) mass is 325 g/mol. The fourth-order valence-electron chi connectivity index (χ4n) is 2.85. The predicted molar refractivity (Wildman–Crippen MR) is 82.4 cm³/mol. The summed E-state index contributed by atoms with van der Waals surface area (Å²) in [6.45, 7) is 1.72. The van der Waals surface area contributed by atoms with Crippen molar-refractivity contribution in [1.29, 1.82) is 0 Å². The van der Waals surface area contributed by atoms with Gasteiger partial charge in [-0.05, 0) is 43.0 Å². The van der Waals surface area contributed by atoms with E-state index in [1.807, 2.05) is 0 Å². The topological polar surface area (TPSA) is 89.8 Å². The van der Waals surface area contributed by atoms with Crippen molar-refractivity contribution >= 4 is 16.7 Å². The van der Waals surface area contributed by atoms with Crippen LogP contribution in [0.15, 0.2) is 0 Å². The lowest BCUT2D eigenvalue weighted by atomic mass is 9.95. The Morgan fingerprint density at radius 1 is 1.32 bits per heavy atom. The number of hydrogen-bond acceptors (Lipinski definition) is 5. The van der Waals surface area contributed by atoms with Crippen molar-refractivity contribution in [1.82, 2.24) is 25.5 Å². The van der Waals surface area contributed by atoms with Crippen molar-refractivity contribution in [2.75, 3.05) is 0 Å². The van der Waals surface area contributed by atoms with Crippen molar-refractivity contribution in [3.05, 3.63) is 5.82 Å². The molecule has 22 heavy (non-hydrogen) atoms. The average molecular weight is 325 g/mol. The maximum atomic E-state index is 12.4. The number of rotatable bonds is 6. The molecule has 2 aliphatic rings. The highest BCUT2D eigenvalue weighted by molar-refractivity contribution is 7.85. The third-order valence-corrected chi connectivity index (χ3v) is 5.99. The second-order valence-electron chi connectivity index (χ2n) is 6.28. The van der Waals surface area contributed by atoms with Crippen LogP contribution in [0.2, 0.25) is 0 Å². The Morgan fingerprint density at radius 2 is 2.05 bits per heavy atom. The molecule has 2 atom stereocenters. The first-order chi connectivity index (χ1) is 10.6. The summed E-state index contributed by atoms with van der Waals surface area (Å²) >= 11 is 0. The van der Waals surface area contributed by atoms with Crippen molar-refractivity contribution < 1.29 is 9.00 Å². The number of carbonyl (C=O) groups is 1. The van der Waals surface area contributed by atoms with Gasteiger partial charge >= 0.3 is 0 Å². The fourth-order valence-corrected chi connectivity index (χ4v) is 3.85. The summed E-state index contributed by atoms with van der Waals surface area (Å²) in [5, 5.41) is 14.1. The summed E-state index contributed by atoms with van der Waals surface area (Å²) in [6.07, 6.45) is 7.79. The molecule has 0 aliphatic heterocycles. The van der Waals surface area contributed by atoms with E-state index in [9.17, 15) is 9.00 Å². The minimum atomic E-state index is -1.30. The van der Waals surface area contributed by atoms with Gasteiger partial charge in [0.25, 0.3) is 0 Å². The van der Waals surface area contributed by atoms with E-state index in [1.54, 1.807) is 11.6 Å². The molecule has 7 nitrogen and oxygen atoms in total. The van der Waals surface area contributed by atoms with Crippen LogP contribution in [-0.2, 0) is 21.3 Å². The molecule has 0 saturated heterocycles. The lowest BCUT2D eigenvalue weighted by molar-refractivity contribution is -0.121. The van der Waals surface area contributed by atoms with Crippen LogP contribution < -0.4 is 5.32 Å². The van der Waals surface area contributed by atoms with Crippen LogP contribution in [0.5, 0.6) is 0 Å². The smallest absolute Gasteiger partial charge is 0.235 e. The Labute approximate surface area is 132 Å². The van der Waals surface area contributed by atoms with Crippen LogP contribution in [-0.4, -0.2) is 41.6 Å². The predicted octanol–water partition coefficient (Wildman–Crippen LogP) is 1.09. The zero-order valence-electron chi connectivity index (χ0n) is 12.9. The van der Waals surface area contributed by atoms with Gasteiger partial charge in [-0.1, -0.05) is 19.3 Å². The molecule has 8 heteroatoms. The maximum Gasteiger partial charge on any atom is 0.235 e. The van der Waals surface area contributed by atoms with E-state index in [2.05, 4.69) is 20.8 Å². The fraction of sp³-hybridized carbons (Fsp3) is 0.857. The summed E-state index contributed by atoms with van der Waals surface area (Å²) in [5.74, 6) is 0.747. The van der Waals surface area contributed by atoms with E-state index in [4.69, 9.17) is 0 Å². The van der Waals surface area contributed by atoms with Gasteiger partial charge in [0.2, 0.25) is 5.91 Å². The molecule has 1 amide bonds. The molecular weight excluding hydrogens is 302 g/mol. The van der Waals surface area contributed by atoms with Crippen LogP contribution in [0.3, 0.4) is 0 Å². The molecule has 1 heterocycles. The number of nitrogens with one attached hydrogen (secondary N) is 1. The van der Waals surface area contributed by atoms with Crippen molar-refractivity contribution in [2.45, 2.75) is 75.0 Å². The van der Waals surface area contributed by atoms with Gasteiger partial charge in [0.05, 0.1) is 11.8 Å². The quantitative estimate of drug-likeness (QED) is 0.846. The molecule has 2 fully saturated rings. The Kier molecular flexibility index (Phi) is 4.85. The highest BCUT2D eigenvalue weighted by atomic mass is 32.2. The van der Waals surface area contributed by atoms with E-state index >= 15 is 0 Å². The Balaban J connectivity index is 1.54. The molecule has 3 rings (SSSR count). The molecule has 2 aliphatic carbocycles. The largest absolute Gasteiger partial charge is 0.352 e. The van der Waals surface area contributed by atoms with Crippen molar-refractivity contribution in [2.24, 2.45) is 0 Å².